The van der Waals surface area contributed by atoms with Gasteiger partial charge in [0.25, 0.3) is 11.5 Å². The highest BCUT2D eigenvalue weighted by atomic mass is 19.4. The van der Waals surface area contributed by atoms with Crippen LogP contribution in [-0.4, -0.2) is 109 Å². The molecule has 9 rings (SSSR count). The van der Waals surface area contributed by atoms with Gasteiger partial charge < -0.3 is 29.4 Å². The van der Waals surface area contributed by atoms with Crippen LogP contribution in [0.4, 0.5) is 42.0 Å². The fourth-order valence-electron chi connectivity index (χ4n) is 11.0. The molecule has 2 saturated heterocycles. The number of aromatic nitrogens is 5. The van der Waals surface area contributed by atoms with Crippen molar-refractivity contribution in [3.05, 3.63) is 111 Å². The van der Waals surface area contributed by atoms with E-state index in [1.54, 1.807) is 48.6 Å². The van der Waals surface area contributed by atoms with E-state index in [1.807, 2.05) is 24.3 Å². The summed E-state index contributed by atoms with van der Waals surface area (Å²) in [4.78, 5) is 73.8. The van der Waals surface area contributed by atoms with Crippen LogP contribution in [0.1, 0.15) is 93.0 Å². The molecule has 16 nitrogen and oxygen atoms in total. The number of piperazine rings is 1. The zero-order valence-electron chi connectivity index (χ0n) is 41.8. The van der Waals surface area contributed by atoms with E-state index in [9.17, 15) is 37.5 Å². The lowest BCUT2D eigenvalue weighted by molar-refractivity contribution is -0.181. The predicted octanol–water partition coefficient (Wildman–Crippen LogP) is 6.75. The quantitative estimate of drug-likeness (QED) is 0.0888. The van der Waals surface area contributed by atoms with Gasteiger partial charge in [-0.1, -0.05) is 19.9 Å². The van der Waals surface area contributed by atoms with Gasteiger partial charge in [0.05, 0.1) is 18.0 Å². The van der Waals surface area contributed by atoms with Gasteiger partial charge in [0, 0.05) is 117 Å². The van der Waals surface area contributed by atoms with Crippen LogP contribution in [0, 0.1) is 5.41 Å². The third-order valence-corrected chi connectivity index (χ3v) is 15.0. The summed E-state index contributed by atoms with van der Waals surface area (Å²) in [6.07, 6.45) is 5.35. The maximum Gasteiger partial charge on any atom is 0.399 e. The first-order valence-corrected chi connectivity index (χ1v) is 24.5. The molecule has 2 fully saturated rings. The molecular weight excluding hydrogens is 928 g/mol. The van der Waals surface area contributed by atoms with Crippen LogP contribution in [0.2, 0.25) is 0 Å². The Kier molecular flexibility index (Phi) is 13.4. The molecule has 72 heavy (non-hydrogen) atoms. The lowest BCUT2D eigenvalue weighted by atomic mass is 9.88. The number of anilines is 5. The summed E-state index contributed by atoms with van der Waals surface area (Å²) in [7, 11) is 1.61. The predicted molar refractivity (Wildman–Crippen MR) is 270 cm³/mol. The molecule has 0 bridgehead atoms. The number of amides is 3. The van der Waals surface area contributed by atoms with Crippen molar-refractivity contribution in [2.24, 2.45) is 12.5 Å². The molecule has 1 aromatic carbocycles. The molecule has 3 amide bonds. The van der Waals surface area contributed by atoms with Gasteiger partial charge in [-0.25, -0.2) is 15.0 Å². The first kappa shape index (κ1) is 50.1. The highest BCUT2D eigenvalue weighted by Gasteiger charge is 2.50. The lowest BCUT2D eigenvalue weighted by Gasteiger charge is -2.48. The number of fused-ring (bicyclic) bond motifs is 3. The summed E-state index contributed by atoms with van der Waals surface area (Å²) in [6, 6.07) is 14.5. The Morgan fingerprint density at radius 1 is 0.958 bits per heavy atom. The molecule has 5 aromatic rings. The fraction of sp³-hybridized carbons (Fsp3) is 0.453. The summed E-state index contributed by atoms with van der Waals surface area (Å²) < 4.78 is 45.2. The van der Waals surface area contributed by atoms with Crippen molar-refractivity contribution in [1.82, 2.24) is 34.3 Å². The number of imide groups is 1. The number of nitrogens with zero attached hydrogens (tertiary/aromatic N) is 9. The van der Waals surface area contributed by atoms with Crippen LogP contribution in [0.5, 0.6) is 0 Å². The van der Waals surface area contributed by atoms with E-state index < -0.39 is 29.7 Å². The van der Waals surface area contributed by atoms with Crippen LogP contribution >= 0.6 is 0 Å². The van der Waals surface area contributed by atoms with Crippen molar-refractivity contribution in [2.75, 3.05) is 52.7 Å². The number of alkyl halides is 3. The minimum absolute atomic E-state index is 0.00108. The highest BCUT2D eigenvalue weighted by Crippen LogP contribution is 2.42. The molecule has 3 atom stereocenters. The van der Waals surface area contributed by atoms with Crippen LogP contribution < -0.4 is 30.9 Å². The number of halogens is 3. The summed E-state index contributed by atoms with van der Waals surface area (Å²) in [5.74, 6) is 0.0753. The van der Waals surface area contributed by atoms with E-state index in [4.69, 9.17) is 4.98 Å². The van der Waals surface area contributed by atoms with Gasteiger partial charge in [-0.15, -0.1) is 0 Å². The van der Waals surface area contributed by atoms with Crippen LogP contribution in [0.15, 0.2) is 71.8 Å². The Labute approximate surface area is 416 Å². The number of benzene rings is 1. The van der Waals surface area contributed by atoms with Crippen molar-refractivity contribution < 1.29 is 32.7 Å². The van der Waals surface area contributed by atoms with E-state index in [1.165, 1.54) is 28.0 Å². The van der Waals surface area contributed by atoms with Crippen molar-refractivity contribution in [1.29, 1.82) is 0 Å². The molecule has 0 saturated carbocycles. The molecule has 380 valence electrons. The zero-order valence-corrected chi connectivity index (χ0v) is 41.8. The van der Waals surface area contributed by atoms with E-state index >= 15 is 0 Å². The molecule has 4 aromatic heterocycles. The summed E-state index contributed by atoms with van der Waals surface area (Å²) in [5, 5.41) is 16.2. The second-order valence-electron chi connectivity index (χ2n) is 21.0. The van der Waals surface area contributed by atoms with Crippen LogP contribution in [0.3, 0.4) is 0 Å². The Morgan fingerprint density at radius 3 is 2.47 bits per heavy atom. The standard InChI is InChI=1S/C53H62F3N11O5/c1-32-23-37(16-18-65(32)45-10-8-9-44(61-45)52(5,6)53(54,55)56)63-19-20-64(33(2)28-63)41-13-12-36(24-34(41)11-14-46(70)58-31-69)59-47-50(72)62(7)29-40(60-47)38-15-17-57-48(39(38)30-68)67-22-21-66-42(49(67)71)25-35-26-51(3,4)27-43(35)66/h8-15,17,24-25,29,31-33,37,68H,16,18-23,26-28,30H2,1-7H3,(H,59,60)(H,58,69,70)/t32-,33+,37?/m1/s1. The van der Waals surface area contributed by atoms with E-state index in [0.717, 1.165) is 58.3 Å². The third-order valence-electron chi connectivity index (χ3n) is 15.0. The highest BCUT2D eigenvalue weighted by molar-refractivity contribution is 6.06. The van der Waals surface area contributed by atoms with Crippen molar-refractivity contribution in [3.63, 3.8) is 0 Å². The Morgan fingerprint density at radius 2 is 1.75 bits per heavy atom. The van der Waals surface area contributed by atoms with Gasteiger partial charge >= 0.3 is 6.18 Å². The maximum absolute atomic E-state index is 14.1. The number of nitrogens with one attached hydrogen (secondary N) is 2. The average molecular weight is 990 g/mol. The number of carbonyl (C=O) groups is 3. The zero-order chi connectivity index (χ0) is 51.4. The van der Waals surface area contributed by atoms with E-state index in [2.05, 4.69) is 67.6 Å². The molecule has 0 radical (unpaired) electrons. The summed E-state index contributed by atoms with van der Waals surface area (Å²) in [5.41, 5.74) is 3.88. The lowest BCUT2D eigenvalue weighted by Crippen LogP contribution is -2.58. The molecule has 1 aliphatic carbocycles. The number of hydrogen-bond donors (Lipinski definition) is 3. The monoisotopic (exact) mass is 989 g/mol. The van der Waals surface area contributed by atoms with Gasteiger partial charge in [0.1, 0.15) is 22.7 Å². The number of pyridine rings is 2. The minimum Gasteiger partial charge on any atom is -0.392 e. The number of aliphatic hydroxyl groups excluding tert-OH is 1. The first-order valence-electron chi connectivity index (χ1n) is 24.5. The number of rotatable bonds is 12. The SMILES string of the molecule is C[C@@H]1CC(N2CCN(c3ccc(Nc4nc(-c5ccnc(N6CCn7c(cc8c7CC(C)(C)C8)C6=O)c5CO)cn(C)c4=O)cc3C=CC(=O)NC=O)[C@@H](C)C2)CCN1c1cccc(C(C)(C)C(F)(F)F)n1. The normalized spacial score (nSPS) is 20.5. The number of aliphatic hydroxyl groups is 1. The van der Waals surface area contributed by atoms with E-state index in [-0.39, 0.29) is 41.0 Å². The number of piperidine rings is 1. The van der Waals surface area contributed by atoms with Gasteiger partial charge in [-0.2, -0.15) is 13.2 Å². The molecule has 1 unspecified atom stereocenters. The molecule has 19 heteroatoms. The van der Waals surface area contributed by atoms with Gasteiger partial charge in [0.2, 0.25) is 12.3 Å². The molecule has 4 aliphatic rings. The molecule has 3 aliphatic heterocycles. The maximum atomic E-state index is 14.1. The Balaban J connectivity index is 0.929. The molecule has 7 heterocycles. The molecule has 0 spiro atoms. The Bertz CT molecular complexity index is 3020. The van der Waals surface area contributed by atoms with Crippen molar-refractivity contribution in [2.45, 2.75) is 110 Å². The number of hydrogen-bond acceptors (Lipinski definition) is 12. The smallest absolute Gasteiger partial charge is 0.392 e. The molecule has 3 N–H and O–H groups in total. The van der Waals surface area contributed by atoms with Crippen LogP contribution in [-0.2, 0) is 48.0 Å². The average Bonchev–Trinajstić information content (AvgIpc) is 3.84. The first-order chi connectivity index (χ1) is 34.2. The van der Waals surface area contributed by atoms with Gasteiger partial charge in [0.15, 0.2) is 5.82 Å². The van der Waals surface area contributed by atoms with Gasteiger partial charge in [-0.05, 0) is 113 Å². The van der Waals surface area contributed by atoms with Crippen LogP contribution in [0.25, 0.3) is 17.3 Å². The number of carbonyl (C=O) groups excluding carboxylic acids is 3. The Hall–Kier alpha value is -6.86. The second-order valence-corrected chi connectivity index (χ2v) is 21.0. The minimum atomic E-state index is -4.44. The van der Waals surface area contributed by atoms with Crippen molar-refractivity contribution >= 4 is 53.1 Å². The topological polar surface area (TPSA) is 174 Å². The number of aryl methyl sites for hydroxylation is 1. The van der Waals surface area contributed by atoms with Crippen molar-refractivity contribution in [3.8, 4) is 11.3 Å². The second kappa shape index (κ2) is 19.3. The fourth-order valence-corrected chi connectivity index (χ4v) is 11.0. The third kappa shape index (κ3) is 9.51. The van der Waals surface area contributed by atoms with E-state index in [0.29, 0.717) is 78.0 Å². The summed E-state index contributed by atoms with van der Waals surface area (Å²) >= 11 is 0. The largest absolute Gasteiger partial charge is 0.399 e. The van der Waals surface area contributed by atoms with Gasteiger partial charge in [-0.3, -0.25) is 34.3 Å². The summed E-state index contributed by atoms with van der Waals surface area (Å²) in [6.45, 7) is 14.3. The molecular formula is C53H62F3N11O5.